The van der Waals surface area contributed by atoms with Crippen LogP contribution in [-0.4, -0.2) is 4.57 Å². The second-order valence-electron chi connectivity index (χ2n) is 4.54. The lowest BCUT2D eigenvalue weighted by Crippen LogP contribution is -1.81. The fourth-order valence-electron chi connectivity index (χ4n) is 2.16. The van der Waals surface area contributed by atoms with Gasteiger partial charge in [0.2, 0.25) is 0 Å². The molecule has 0 atom stereocenters. The van der Waals surface area contributed by atoms with Gasteiger partial charge in [-0.05, 0) is 23.8 Å². The van der Waals surface area contributed by atoms with E-state index >= 15 is 0 Å². The molecule has 0 fully saturated rings. The van der Waals surface area contributed by atoms with Crippen molar-refractivity contribution >= 4 is 34.3 Å². The highest BCUT2D eigenvalue weighted by molar-refractivity contribution is 7.98. The summed E-state index contributed by atoms with van der Waals surface area (Å²) in [5, 5.41) is 2.11. The van der Waals surface area contributed by atoms with Gasteiger partial charge in [0, 0.05) is 39.8 Å². The first kappa shape index (κ1) is 12.6. The molecule has 0 amide bonds. The van der Waals surface area contributed by atoms with Crippen LogP contribution in [0.4, 0.5) is 0 Å². The van der Waals surface area contributed by atoms with Gasteiger partial charge in [0.15, 0.2) is 0 Å². The molecule has 0 bridgehead atoms. The maximum Gasteiger partial charge on any atom is 0.0489 e. The first-order chi connectivity index (χ1) is 9.24. The number of hydrogen-bond acceptors (Lipinski definition) is 1. The zero-order valence-corrected chi connectivity index (χ0v) is 12.2. The third kappa shape index (κ3) is 2.65. The minimum atomic E-state index is 0.791. The lowest BCUT2D eigenvalue weighted by atomic mass is 10.2. The number of fused-ring (bicyclic) bond motifs is 1. The van der Waals surface area contributed by atoms with Gasteiger partial charge in [0.25, 0.3) is 0 Å². The first-order valence-electron chi connectivity index (χ1n) is 6.15. The Hall–Kier alpha value is -1.38. The van der Waals surface area contributed by atoms with E-state index in [-0.39, 0.29) is 0 Å². The Balaban J connectivity index is 1.84. The van der Waals surface area contributed by atoms with Crippen LogP contribution in [0.5, 0.6) is 0 Å². The monoisotopic (exact) mass is 287 g/mol. The van der Waals surface area contributed by atoms with Gasteiger partial charge in [-0.1, -0.05) is 41.9 Å². The van der Waals surface area contributed by atoms with Crippen molar-refractivity contribution in [1.82, 2.24) is 4.57 Å². The molecular weight excluding hydrogens is 274 g/mol. The molecule has 1 aromatic heterocycles. The lowest BCUT2D eigenvalue weighted by Gasteiger charge is -2.01. The van der Waals surface area contributed by atoms with Gasteiger partial charge in [-0.3, -0.25) is 0 Å². The Bertz CT molecular complexity index is 700. The Morgan fingerprint density at radius 2 is 1.79 bits per heavy atom. The zero-order chi connectivity index (χ0) is 13.2. The van der Waals surface area contributed by atoms with Gasteiger partial charge in [-0.2, -0.15) is 0 Å². The van der Waals surface area contributed by atoms with Crippen LogP contribution < -0.4 is 0 Å². The van der Waals surface area contributed by atoms with Crippen LogP contribution in [0, 0.1) is 0 Å². The molecule has 0 aliphatic carbocycles. The highest BCUT2D eigenvalue weighted by Gasteiger charge is 2.06. The average molecular weight is 288 g/mol. The summed E-state index contributed by atoms with van der Waals surface area (Å²) in [6.45, 7) is 0. The smallest absolute Gasteiger partial charge is 0.0489 e. The molecule has 1 nitrogen and oxygen atoms in total. The number of aryl methyl sites for hydroxylation is 1. The summed E-state index contributed by atoms with van der Waals surface area (Å²) in [4.78, 5) is 1.33. The lowest BCUT2D eigenvalue weighted by molar-refractivity contribution is 0.957. The third-order valence-corrected chi connectivity index (χ3v) is 4.53. The number of rotatable bonds is 3. The van der Waals surface area contributed by atoms with Crippen LogP contribution in [0.1, 0.15) is 5.56 Å². The van der Waals surface area contributed by atoms with Gasteiger partial charge in [-0.25, -0.2) is 0 Å². The van der Waals surface area contributed by atoms with Crippen LogP contribution in [0.3, 0.4) is 0 Å². The van der Waals surface area contributed by atoms with Gasteiger partial charge in [0.1, 0.15) is 0 Å². The molecule has 0 unspecified atom stereocenters. The van der Waals surface area contributed by atoms with E-state index in [1.54, 1.807) is 0 Å². The molecule has 0 N–H and O–H groups in total. The number of nitrogens with zero attached hydrogens (tertiary/aromatic N) is 1. The molecule has 19 heavy (non-hydrogen) atoms. The summed E-state index contributed by atoms with van der Waals surface area (Å²) in [7, 11) is 2.09. The standard InChI is InChI=1S/C16H14ClNS/c1-18-10-16(14-4-2-3-5-15(14)18)19-11-12-6-8-13(17)9-7-12/h2-10H,11H2,1H3. The average Bonchev–Trinajstić information content (AvgIpc) is 2.76. The van der Waals surface area contributed by atoms with Crippen molar-refractivity contribution < 1.29 is 0 Å². The van der Waals surface area contributed by atoms with Gasteiger partial charge >= 0.3 is 0 Å². The van der Waals surface area contributed by atoms with Crippen LogP contribution in [0.2, 0.25) is 5.02 Å². The van der Waals surface area contributed by atoms with Gasteiger partial charge < -0.3 is 4.57 Å². The molecule has 0 radical (unpaired) electrons. The van der Waals surface area contributed by atoms with Crippen molar-refractivity contribution in [2.24, 2.45) is 7.05 Å². The summed E-state index contributed by atoms with van der Waals surface area (Å²) < 4.78 is 2.18. The molecule has 0 aliphatic rings. The fraction of sp³-hybridized carbons (Fsp3) is 0.125. The maximum atomic E-state index is 5.90. The molecule has 3 aromatic rings. The van der Waals surface area contributed by atoms with E-state index in [0.29, 0.717) is 0 Å². The second kappa shape index (κ2) is 5.32. The van der Waals surface area contributed by atoms with E-state index in [1.165, 1.54) is 21.4 Å². The molecule has 3 heteroatoms. The Morgan fingerprint density at radius 1 is 1.05 bits per heavy atom. The summed E-state index contributed by atoms with van der Waals surface area (Å²) in [5.41, 5.74) is 2.57. The summed E-state index contributed by atoms with van der Waals surface area (Å²) >= 11 is 7.77. The van der Waals surface area contributed by atoms with E-state index in [2.05, 4.69) is 54.2 Å². The summed E-state index contributed by atoms with van der Waals surface area (Å²) in [6.07, 6.45) is 2.20. The summed E-state index contributed by atoms with van der Waals surface area (Å²) in [6, 6.07) is 16.6. The van der Waals surface area contributed by atoms with Crippen LogP contribution in [0.25, 0.3) is 10.9 Å². The molecule has 3 rings (SSSR count). The predicted molar refractivity (Wildman–Crippen MR) is 83.9 cm³/mol. The number of thioether (sulfide) groups is 1. The predicted octanol–water partition coefficient (Wildman–Crippen LogP) is 5.12. The van der Waals surface area contributed by atoms with Crippen molar-refractivity contribution in [3.05, 3.63) is 65.3 Å². The van der Waals surface area contributed by atoms with Crippen LogP contribution in [0.15, 0.2) is 59.6 Å². The highest BCUT2D eigenvalue weighted by atomic mass is 35.5. The largest absolute Gasteiger partial charge is 0.349 e. The molecule has 96 valence electrons. The molecule has 0 saturated heterocycles. The van der Waals surface area contributed by atoms with Crippen molar-refractivity contribution in [2.75, 3.05) is 0 Å². The topological polar surface area (TPSA) is 4.93 Å². The van der Waals surface area contributed by atoms with Crippen molar-refractivity contribution in [2.45, 2.75) is 10.6 Å². The maximum absolute atomic E-state index is 5.90. The van der Waals surface area contributed by atoms with Crippen molar-refractivity contribution in [3.63, 3.8) is 0 Å². The molecule has 0 saturated carbocycles. The fourth-order valence-corrected chi connectivity index (χ4v) is 3.36. The number of halogens is 1. The van der Waals surface area contributed by atoms with E-state index < -0.39 is 0 Å². The highest BCUT2D eigenvalue weighted by Crippen LogP contribution is 2.31. The molecule has 1 heterocycles. The second-order valence-corrected chi connectivity index (χ2v) is 5.99. The van der Waals surface area contributed by atoms with Crippen LogP contribution >= 0.6 is 23.4 Å². The van der Waals surface area contributed by atoms with E-state index in [9.17, 15) is 0 Å². The number of para-hydroxylation sites is 1. The third-order valence-electron chi connectivity index (χ3n) is 3.17. The quantitative estimate of drug-likeness (QED) is 0.605. The molecule has 2 aromatic carbocycles. The number of aromatic nitrogens is 1. The normalized spacial score (nSPS) is 11.1. The van der Waals surface area contributed by atoms with Crippen LogP contribution in [-0.2, 0) is 12.8 Å². The minimum Gasteiger partial charge on any atom is -0.349 e. The molecule has 0 spiro atoms. The Labute approximate surface area is 122 Å². The van der Waals surface area contributed by atoms with Gasteiger partial charge in [0.05, 0.1) is 0 Å². The number of hydrogen-bond donors (Lipinski definition) is 0. The molecule has 0 aliphatic heterocycles. The van der Waals surface area contributed by atoms with Crippen molar-refractivity contribution in [1.29, 1.82) is 0 Å². The Kier molecular flexibility index (Phi) is 3.54. The first-order valence-corrected chi connectivity index (χ1v) is 7.52. The van der Waals surface area contributed by atoms with E-state index in [1.807, 2.05) is 23.9 Å². The Morgan fingerprint density at radius 3 is 2.58 bits per heavy atom. The van der Waals surface area contributed by atoms with E-state index in [0.717, 1.165) is 10.8 Å². The van der Waals surface area contributed by atoms with Gasteiger partial charge in [-0.15, -0.1) is 11.8 Å². The SMILES string of the molecule is Cn1cc(SCc2ccc(Cl)cc2)c2ccccc21. The minimum absolute atomic E-state index is 0.791. The zero-order valence-electron chi connectivity index (χ0n) is 10.6. The summed E-state index contributed by atoms with van der Waals surface area (Å²) in [5.74, 6) is 0.963. The van der Waals surface area contributed by atoms with Crippen molar-refractivity contribution in [3.8, 4) is 0 Å². The van der Waals surface area contributed by atoms with E-state index in [4.69, 9.17) is 11.6 Å². The number of benzene rings is 2. The molecular formula is C16H14ClNS.